The number of urea groups is 1. The summed E-state index contributed by atoms with van der Waals surface area (Å²) in [5, 5.41) is 5.46. The summed E-state index contributed by atoms with van der Waals surface area (Å²) in [6.07, 6.45) is 0.562. The number of carbonyl (C=O) groups is 1. The highest BCUT2D eigenvalue weighted by molar-refractivity contribution is 5.89. The molecule has 0 spiro atoms. The van der Waals surface area contributed by atoms with Crippen LogP contribution in [-0.4, -0.2) is 25.8 Å². The highest BCUT2D eigenvalue weighted by Crippen LogP contribution is 2.32. The summed E-state index contributed by atoms with van der Waals surface area (Å²) in [5.74, 6) is 1.02. The summed E-state index contributed by atoms with van der Waals surface area (Å²) < 4.78 is 23.9. The van der Waals surface area contributed by atoms with Crippen molar-refractivity contribution in [1.29, 1.82) is 0 Å². The first kappa shape index (κ1) is 15.1. The Hall–Kier alpha value is -2.76. The highest BCUT2D eigenvalue weighted by atomic mass is 19.1. The Kier molecular flexibility index (Phi) is 4.61. The molecule has 1 heterocycles. The Morgan fingerprint density at radius 1 is 1.09 bits per heavy atom. The third-order valence-electron chi connectivity index (χ3n) is 3.39. The zero-order valence-electron chi connectivity index (χ0n) is 12.5. The van der Waals surface area contributed by atoms with Gasteiger partial charge in [-0.1, -0.05) is 12.1 Å². The third kappa shape index (κ3) is 4.12. The SMILES string of the molecule is O=C(NCCc1cccc(F)c1)Nc1ccc2c(c1)OCCO2. The van der Waals surface area contributed by atoms with E-state index in [2.05, 4.69) is 10.6 Å². The lowest BCUT2D eigenvalue weighted by Gasteiger charge is -2.19. The van der Waals surface area contributed by atoms with Crippen LogP contribution in [0.5, 0.6) is 11.5 Å². The number of amides is 2. The van der Waals surface area contributed by atoms with Gasteiger partial charge in [-0.25, -0.2) is 9.18 Å². The van der Waals surface area contributed by atoms with Crippen molar-refractivity contribution in [2.75, 3.05) is 25.1 Å². The Morgan fingerprint density at radius 2 is 1.91 bits per heavy atom. The number of benzene rings is 2. The molecule has 0 bridgehead atoms. The van der Waals surface area contributed by atoms with Crippen LogP contribution in [0.15, 0.2) is 42.5 Å². The monoisotopic (exact) mass is 316 g/mol. The molecule has 23 heavy (non-hydrogen) atoms. The van der Waals surface area contributed by atoms with E-state index in [0.29, 0.717) is 43.4 Å². The molecule has 1 aliphatic rings. The van der Waals surface area contributed by atoms with E-state index >= 15 is 0 Å². The van der Waals surface area contributed by atoms with Crippen LogP contribution in [0.2, 0.25) is 0 Å². The van der Waals surface area contributed by atoms with Gasteiger partial charge in [0.2, 0.25) is 0 Å². The Labute approximate surface area is 133 Å². The van der Waals surface area contributed by atoms with Crippen LogP contribution >= 0.6 is 0 Å². The number of hydrogen-bond donors (Lipinski definition) is 2. The van der Waals surface area contributed by atoms with Crippen LogP contribution in [0.1, 0.15) is 5.56 Å². The van der Waals surface area contributed by atoms with Crippen LogP contribution in [0.3, 0.4) is 0 Å². The zero-order chi connectivity index (χ0) is 16.1. The van der Waals surface area contributed by atoms with Gasteiger partial charge in [-0.2, -0.15) is 0 Å². The molecular weight excluding hydrogens is 299 g/mol. The molecule has 0 saturated carbocycles. The van der Waals surface area contributed by atoms with Crippen molar-refractivity contribution in [1.82, 2.24) is 5.32 Å². The summed E-state index contributed by atoms with van der Waals surface area (Å²) in [5.41, 5.74) is 1.46. The van der Waals surface area contributed by atoms with E-state index < -0.39 is 0 Å². The molecule has 2 N–H and O–H groups in total. The van der Waals surface area contributed by atoms with Crippen LogP contribution in [0.4, 0.5) is 14.9 Å². The van der Waals surface area contributed by atoms with E-state index in [9.17, 15) is 9.18 Å². The molecule has 120 valence electrons. The van der Waals surface area contributed by atoms with Crippen molar-refractivity contribution in [3.05, 3.63) is 53.8 Å². The van der Waals surface area contributed by atoms with Gasteiger partial charge < -0.3 is 20.1 Å². The second-order valence-corrected chi connectivity index (χ2v) is 5.12. The van der Waals surface area contributed by atoms with Crippen LogP contribution in [0, 0.1) is 5.82 Å². The molecule has 0 atom stereocenters. The van der Waals surface area contributed by atoms with E-state index in [1.54, 1.807) is 24.3 Å². The summed E-state index contributed by atoms with van der Waals surface area (Å²) in [4.78, 5) is 11.9. The maximum Gasteiger partial charge on any atom is 0.319 e. The van der Waals surface area contributed by atoms with Gasteiger partial charge in [-0.15, -0.1) is 0 Å². The fourth-order valence-electron chi connectivity index (χ4n) is 2.31. The quantitative estimate of drug-likeness (QED) is 0.912. The molecule has 0 saturated heterocycles. The molecule has 0 radical (unpaired) electrons. The summed E-state index contributed by atoms with van der Waals surface area (Å²) in [6.45, 7) is 1.44. The lowest BCUT2D eigenvalue weighted by molar-refractivity contribution is 0.171. The average molecular weight is 316 g/mol. The van der Waals surface area contributed by atoms with Gasteiger partial charge in [0.25, 0.3) is 0 Å². The molecular formula is C17H17FN2O3. The van der Waals surface area contributed by atoms with Gasteiger partial charge in [-0.05, 0) is 36.2 Å². The molecule has 0 aliphatic carbocycles. The van der Waals surface area contributed by atoms with Gasteiger partial charge in [0, 0.05) is 18.3 Å². The van der Waals surface area contributed by atoms with E-state index in [1.807, 2.05) is 6.07 Å². The fraction of sp³-hybridized carbons (Fsp3) is 0.235. The first-order chi connectivity index (χ1) is 11.2. The van der Waals surface area contributed by atoms with Crippen LogP contribution in [0.25, 0.3) is 0 Å². The molecule has 6 heteroatoms. The largest absolute Gasteiger partial charge is 0.486 e. The maximum atomic E-state index is 13.1. The standard InChI is InChI=1S/C17H17FN2O3/c18-13-3-1-2-12(10-13)6-7-19-17(21)20-14-4-5-15-16(11-14)23-9-8-22-15/h1-5,10-11H,6-9H2,(H2,19,20,21). The van der Waals surface area contributed by atoms with Gasteiger partial charge in [0.15, 0.2) is 11.5 Å². The van der Waals surface area contributed by atoms with Crippen molar-refractivity contribution in [3.63, 3.8) is 0 Å². The number of ether oxygens (including phenoxy) is 2. The molecule has 2 aromatic rings. The number of rotatable bonds is 4. The second-order valence-electron chi connectivity index (χ2n) is 5.12. The Balaban J connectivity index is 1.49. The summed E-state index contributed by atoms with van der Waals surface area (Å²) in [7, 11) is 0. The molecule has 3 rings (SSSR count). The number of hydrogen-bond acceptors (Lipinski definition) is 3. The molecule has 2 aromatic carbocycles. The van der Waals surface area contributed by atoms with E-state index in [0.717, 1.165) is 5.56 Å². The first-order valence-electron chi connectivity index (χ1n) is 7.40. The smallest absolute Gasteiger partial charge is 0.319 e. The van der Waals surface area contributed by atoms with Gasteiger partial charge in [-0.3, -0.25) is 0 Å². The van der Waals surface area contributed by atoms with E-state index in [-0.39, 0.29) is 11.8 Å². The summed E-state index contributed by atoms with van der Waals surface area (Å²) >= 11 is 0. The van der Waals surface area contributed by atoms with Crippen LogP contribution < -0.4 is 20.1 Å². The minimum Gasteiger partial charge on any atom is -0.486 e. The fourth-order valence-corrected chi connectivity index (χ4v) is 2.31. The number of carbonyl (C=O) groups excluding carboxylic acids is 1. The molecule has 0 unspecified atom stereocenters. The Bertz CT molecular complexity index is 706. The van der Waals surface area contributed by atoms with Crippen molar-refractivity contribution in [2.24, 2.45) is 0 Å². The van der Waals surface area contributed by atoms with Crippen molar-refractivity contribution >= 4 is 11.7 Å². The molecule has 2 amide bonds. The molecule has 5 nitrogen and oxygen atoms in total. The van der Waals surface area contributed by atoms with Gasteiger partial charge in [0.1, 0.15) is 19.0 Å². The molecule has 1 aliphatic heterocycles. The summed E-state index contributed by atoms with van der Waals surface area (Å²) in [6, 6.07) is 11.2. The van der Waals surface area contributed by atoms with Gasteiger partial charge in [0.05, 0.1) is 0 Å². The number of anilines is 1. The van der Waals surface area contributed by atoms with Crippen molar-refractivity contribution in [2.45, 2.75) is 6.42 Å². The lowest BCUT2D eigenvalue weighted by atomic mass is 10.1. The highest BCUT2D eigenvalue weighted by Gasteiger charge is 2.12. The maximum absolute atomic E-state index is 13.1. The first-order valence-corrected chi connectivity index (χ1v) is 7.40. The number of fused-ring (bicyclic) bond motifs is 1. The predicted molar refractivity (Wildman–Crippen MR) is 84.6 cm³/mol. The van der Waals surface area contributed by atoms with Gasteiger partial charge >= 0.3 is 6.03 Å². The van der Waals surface area contributed by atoms with E-state index in [4.69, 9.17) is 9.47 Å². The number of nitrogens with one attached hydrogen (secondary N) is 2. The lowest BCUT2D eigenvalue weighted by Crippen LogP contribution is -2.30. The zero-order valence-corrected chi connectivity index (χ0v) is 12.5. The molecule has 0 fully saturated rings. The average Bonchev–Trinajstić information content (AvgIpc) is 2.55. The van der Waals surface area contributed by atoms with Crippen molar-refractivity contribution < 1.29 is 18.7 Å². The topological polar surface area (TPSA) is 59.6 Å². The minimum absolute atomic E-state index is 0.275. The van der Waals surface area contributed by atoms with E-state index in [1.165, 1.54) is 12.1 Å². The predicted octanol–water partition coefficient (Wildman–Crippen LogP) is 2.96. The van der Waals surface area contributed by atoms with Crippen LogP contribution in [-0.2, 0) is 6.42 Å². The normalized spacial score (nSPS) is 12.6. The second kappa shape index (κ2) is 7.00. The molecule has 0 aromatic heterocycles. The Morgan fingerprint density at radius 3 is 2.74 bits per heavy atom. The number of halogens is 1. The minimum atomic E-state index is -0.321. The van der Waals surface area contributed by atoms with Crippen molar-refractivity contribution in [3.8, 4) is 11.5 Å². The third-order valence-corrected chi connectivity index (χ3v) is 3.39.